The van der Waals surface area contributed by atoms with Crippen LogP contribution < -0.4 is 11.1 Å². The van der Waals surface area contributed by atoms with Gasteiger partial charge >= 0.3 is 0 Å². The molecular formula is C14H18Cl2N4S. The van der Waals surface area contributed by atoms with Crippen molar-refractivity contribution in [1.82, 2.24) is 15.2 Å². The van der Waals surface area contributed by atoms with Crippen LogP contribution in [0.2, 0.25) is 10.0 Å². The molecule has 0 aliphatic rings. The summed E-state index contributed by atoms with van der Waals surface area (Å²) in [6.45, 7) is 2.66. The molecule has 1 heterocycles. The molecule has 3 N–H and O–H groups in total. The maximum atomic E-state index is 6.28. The number of anilines is 1. The monoisotopic (exact) mass is 344 g/mol. The fourth-order valence-electron chi connectivity index (χ4n) is 2.00. The summed E-state index contributed by atoms with van der Waals surface area (Å²) < 4.78 is 0. The van der Waals surface area contributed by atoms with Gasteiger partial charge in [0.15, 0.2) is 5.13 Å². The van der Waals surface area contributed by atoms with Crippen LogP contribution in [0.1, 0.15) is 4.88 Å². The third-order valence-electron chi connectivity index (χ3n) is 3.06. The largest absolute Gasteiger partial charge is 0.375 e. The van der Waals surface area contributed by atoms with Gasteiger partial charge in [0.05, 0.1) is 10.7 Å². The Morgan fingerprint density at radius 3 is 2.81 bits per heavy atom. The molecule has 4 nitrogen and oxygen atoms in total. The predicted octanol–water partition coefficient (Wildman–Crippen LogP) is 3.35. The van der Waals surface area contributed by atoms with Gasteiger partial charge in [-0.3, -0.25) is 4.90 Å². The highest BCUT2D eigenvalue weighted by molar-refractivity contribution is 7.15. The van der Waals surface area contributed by atoms with Crippen LogP contribution in [0.5, 0.6) is 0 Å². The Kier molecular flexibility index (Phi) is 5.84. The van der Waals surface area contributed by atoms with Gasteiger partial charge in [-0.2, -0.15) is 0 Å². The average molecular weight is 345 g/mol. The van der Waals surface area contributed by atoms with Gasteiger partial charge in [-0.05, 0) is 32.3 Å². The maximum absolute atomic E-state index is 6.28. The quantitative estimate of drug-likeness (QED) is 0.843. The van der Waals surface area contributed by atoms with Crippen molar-refractivity contribution in [1.29, 1.82) is 0 Å². The first-order chi connectivity index (χ1) is 10.0. The van der Waals surface area contributed by atoms with Crippen LogP contribution in [0.15, 0.2) is 18.2 Å². The zero-order valence-electron chi connectivity index (χ0n) is 12.0. The number of aromatic nitrogens is 1. The molecule has 21 heavy (non-hydrogen) atoms. The van der Waals surface area contributed by atoms with Gasteiger partial charge in [-0.25, -0.2) is 4.98 Å². The molecule has 0 aliphatic carbocycles. The van der Waals surface area contributed by atoms with Crippen molar-refractivity contribution < 1.29 is 0 Å². The lowest BCUT2D eigenvalue weighted by atomic mass is 10.1. The molecule has 1 aromatic carbocycles. The minimum absolute atomic E-state index is 0.549. The Labute approximate surface area is 138 Å². The van der Waals surface area contributed by atoms with Crippen LogP contribution >= 0.6 is 34.5 Å². The van der Waals surface area contributed by atoms with Crippen molar-refractivity contribution in [3.63, 3.8) is 0 Å². The zero-order valence-corrected chi connectivity index (χ0v) is 14.3. The fourth-order valence-corrected chi connectivity index (χ4v) is 3.42. The van der Waals surface area contributed by atoms with Crippen molar-refractivity contribution in [3.05, 3.63) is 33.1 Å². The first-order valence-corrected chi connectivity index (χ1v) is 8.12. The molecule has 0 unspecified atom stereocenters. The van der Waals surface area contributed by atoms with E-state index >= 15 is 0 Å². The summed E-state index contributed by atoms with van der Waals surface area (Å²) in [5.74, 6) is 0. The van der Waals surface area contributed by atoms with Gasteiger partial charge in [0, 0.05) is 35.1 Å². The first-order valence-electron chi connectivity index (χ1n) is 6.55. The molecule has 0 fully saturated rings. The first kappa shape index (κ1) is 16.5. The number of hydrogen-bond acceptors (Lipinski definition) is 5. The number of nitrogens with zero attached hydrogens (tertiary/aromatic N) is 2. The second-order valence-corrected chi connectivity index (χ2v) is 6.75. The van der Waals surface area contributed by atoms with E-state index in [2.05, 4.69) is 22.2 Å². The molecule has 7 heteroatoms. The number of halogens is 2. The van der Waals surface area contributed by atoms with Crippen molar-refractivity contribution in [3.8, 4) is 11.3 Å². The average Bonchev–Trinajstić information content (AvgIpc) is 2.77. The van der Waals surface area contributed by atoms with E-state index in [1.807, 2.05) is 19.2 Å². The lowest BCUT2D eigenvalue weighted by Gasteiger charge is -2.16. The SMILES string of the molecule is CNCCN(C)Cc1sc(N)nc1-c1ccc(Cl)cc1Cl. The van der Waals surface area contributed by atoms with Crippen LogP contribution in [-0.4, -0.2) is 37.1 Å². The standard InChI is InChI=1S/C14H18Cl2N4S/c1-18-5-6-20(2)8-12-13(19-14(17)21-12)10-4-3-9(15)7-11(10)16/h3-4,7,18H,5-6,8H2,1-2H3,(H2,17,19). The van der Waals surface area contributed by atoms with Crippen LogP contribution in [0.25, 0.3) is 11.3 Å². The number of benzene rings is 1. The predicted molar refractivity (Wildman–Crippen MR) is 92.2 cm³/mol. The Bertz CT molecular complexity index is 615. The Morgan fingerprint density at radius 2 is 2.14 bits per heavy atom. The maximum Gasteiger partial charge on any atom is 0.180 e. The smallest absolute Gasteiger partial charge is 0.180 e. The Balaban J connectivity index is 2.28. The summed E-state index contributed by atoms with van der Waals surface area (Å²) >= 11 is 13.7. The minimum Gasteiger partial charge on any atom is -0.375 e. The van der Waals surface area contributed by atoms with E-state index < -0.39 is 0 Å². The lowest BCUT2D eigenvalue weighted by Crippen LogP contribution is -2.26. The fraction of sp³-hybridized carbons (Fsp3) is 0.357. The van der Waals surface area contributed by atoms with Gasteiger partial charge in [0.1, 0.15) is 0 Å². The van der Waals surface area contributed by atoms with Crippen molar-refractivity contribution in [2.45, 2.75) is 6.54 Å². The lowest BCUT2D eigenvalue weighted by molar-refractivity contribution is 0.331. The summed E-state index contributed by atoms with van der Waals surface area (Å²) in [6, 6.07) is 5.42. The van der Waals surface area contributed by atoms with Crippen LogP contribution in [0, 0.1) is 0 Å². The van der Waals surface area contributed by atoms with Crippen LogP contribution in [-0.2, 0) is 6.54 Å². The molecular weight excluding hydrogens is 327 g/mol. The summed E-state index contributed by atoms with van der Waals surface area (Å²) in [6.07, 6.45) is 0. The molecule has 2 aromatic rings. The third kappa shape index (κ3) is 4.31. The molecule has 0 amide bonds. The number of likely N-dealkylation sites (N-methyl/N-ethyl adjacent to an activating group) is 2. The second-order valence-electron chi connectivity index (χ2n) is 4.79. The minimum atomic E-state index is 0.549. The highest BCUT2D eigenvalue weighted by Crippen LogP contribution is 2.35. The molecule has 0 radical (unpaired) electrons. The number of nitrogens with two attached hydrogens (primary N) is 1. The van der Waals surface area contributed by atoms with E-state index in [-0.39, 0.29) is 0 Å². The molecule has 0 aliphatic heterocycles. The van der Waals surface area contributed by atoms with Gasteiger partial charge in [-0.1, -0.05) is 23.2 Å². The van der Waals surface area contributed by atoms with E-state index in [1.165, 1.54) is 11.3 Å². The summed E-state index contributed by atoms with van der Waals surface area (Å²) in [5, 5.41) is 4.89. The van der Waals surface area contributed by atoms with E-state index in [4.69, 9.17) is 28.9 Å². The number of hydrogen-bond donors (Lipinski definition) is 2. The van der Waals surface area contributed by atoms with Crippen molar-refractivity contribution in [2.75, 3.05) is 32.9 Å². The zero-order chi connectivity index (χ0) is 15.4. The molecule has 0 atom stereocenters. The number of thiazole rings is 1. The van der Waals surface area contributed by atoms with Crippen molar-refractivity contribution in [2.24, 2.45) is 0 Å². The summed E-state index contributed by atoms with van der Waals surface area (Å²) in [5.41, 5.74) is 7.59. The highest BCUT2D eigenvalue weighted by Gasteiger charge is 2.16. The second kappa shape index (κ2) is 7.42. The van der Waals surface area contributed by atoms with E-state index in [9.17, 15) is 0 Å². The molecule has 0 spiro atoms. The summed E-state index contributed by atoms with van der Waals surface area (Å²) in [7, 11) is 4.01. The molecule has 114 valence electrons. The normalized spacial score (nSPS) is 11.3. The molecule has 1 aromatic heterocycles. The van der Waals surface area contributed by atoms with E-state index in [1.54, 1.807) is 6.07 Å². The molecule has 0 saturated carbocycles. The van der Waals surface area contributed by atoms with Gasteiger partial charge < -0.3 is 11.1 Å². The number of rotatable bonds is 6. The van der Waals surface area contributed by atoms with E-state index in [0.29, 0.717) is 15.2 Å². The number of nitrogens with one attached hydrogen (secondary N) is 1. The molecule has 2 rings (SSSR count). The Morgan fingerprint density at radius 1 is 1.38 bits per heavy atom. The van der Waals surface area contributed by atoms with Gasteiger partial charge in [0.25, 0.3) is 0 Å². The molecule has 0 saturated heterocycles. The third-order valence-corrected chi connectivity index (χ3v) is 4.47. The topological polar surface area (TPSA) is 54.2 Å². The molecule has 0 bridgehead atoms. The highest BCUT2D eigenvalue weighted by atomic mass is 35.5. The number of nitrogen functional groups attached to an aromatic ring is 1. The van der Waals surface area contributed by atoms with Crippen LogP contribution in [0.4, 0.5) is 5.13 Å². The summed E-state index contributed by atoms with van der Waals surface area (Å²) in [4.78, 5) is 7.76. The van der Waals surface area contributed by atoms with Gasteiger partial charge in [-0.15, -0.1) is 11.3 Å². The van der Waals surface area contributed by atoms with E-state index in [0.717, 1.165) is 35.8 Å². The van der Waals surface area contributed by atoms with Crippen LogP contribution in [0.3, 0.4) is 0 Å². The Hall–Kier alpha value is -0.850. The van der Waals surface area contributed by atoms with Crippen molar-refractivity contribution >= 4 is 39.7 Å². The van der Waals surface area contributed by atoms with Gasteiger partial charge in [0.2, 0.25) is 0 Å².